The molecule has 2 aromatic rings. The summed E-state index contributed by atoms with van der Waals surface area (Å²) >= 11 is 0. The Balaban J connectivity index is 1.75. The van der Waals surface area contributed by atoms with E-state index in [4.69, 9.17) is 4.74 Å². The Bertz CT molecular complexity index is 760. The second kappa shape index (κ2) is 8.17. The van der Waals surface area contributed by atoms with E-state index in [9.17, 15) is 15.0 Å². The van der Waals surface area contributed by atoms with Crippen molar-refractivity contribution in [1.29, 1.82) is 0 Å². The molecule has 0 aromatic heterocycles. The molecule has 0 saturated carbocycles. The molecule has 2 aromatic carbocycles. The van der Waals surface area contributed by atoms with Crippen LogP contribution < -0.4 is 0 Å². The number of aliphatic hydroxyl groups is 2. The van der Waals surface area contributed by atoms with Crippen LogP contribution in [0.1, 0.15) is 30.6 Å². The summed E-state index contributed by atoms with van der Waals surface area (Å²) in [5, 5.41) is 21.0. The van der Waals surface area contributed by atoms with Crippen LogP contribution in [0.3, 0.4) is 0 Å². The molecule has 1 heterocycles. The summed E-state index contributed by atoms with van der Waals surface area (Å²) in [5.74, 6) is 0. The van der Waals surface area contributed by atoms with Crippen molar-refractivity contribution in [3.8, 4) is 0 Å². The Morgan fingerprint density at radius 2 is 1.77 bits per heavy atom. The average molecular weight is 353 g/mol. The van der Waals surface area contributed by atoms with Gasteiger partial charge < -0.3 is 14.9 Å². The van der Waals surface area contributed by atoms with Crippen LogP contribution in [0.25, 0.3) is 0 Å². The lowest BCUT2D eigenvalue weighted by Gasteiger charge is -2.35. The van der Waals surface area contributed by atoms with E-state index in [-0.39, 0.29) is 12.6 Å². The zero-order valence-corrected chi connectivity index (χ0v) is 14.7. The molecule has 1 aliphatic heterocycles. The Morgan fingerprint density at radius 3 is 2.42 bits per heavy atom. The van der Waals surface area contributed by atoms with E-state index in [1.54, 1.807) is 12.1 Å². The van der Waals surface area contributed by atoms with Crippen molar-refractivity contribution in [3.63, 3.8) is 0 Å². The van der Waals surface area contributed by atoms with Crippen LogP contribution >= 0.6 is 0 Å². The quantitative estimate of drug-likeness (QED) is 0.884. The summed E-state index contributed by atoms with van der Waals surface area (Å²) in [6, 6.07) is 18.3. The Labute approximate surface area is 153 Å². The molecule has 136 valence electrons. The van der Waals surface area contributed by atoms with Crippen molar-refractivity contribution < 1.29 is 19.7 Å². The fourth-order valence-electron chi connectivity index (χ4n) is 3.05. The summed E-state index contributed by atoms with van der Waals surface area (Å²) in [7, 11) is 0. The van der Waals surface area contributed by atoms with Crippen LogP contribution in [-0.4, -0.2) is 33.4 Å². The molecule has 3 rings (SSSR count). The zero-order chi connectivity index (χ0) is 18.5. The third-order valence-electron chi connectivity index (χ3n) is 4.56. The normalized spacial score (nSPS) is 21.0. The predicted molar refractivity (Wildman–Crippen MR) is 98.0 cm³/mol. The van der Waals surface area contributed by atoms with E-state index in [1.165, 1.54) is 11.1 Å². The van der Waals surface area contributed by atoms with Gasteiger partial charge in [-0.25, -0.2) is 4.79 Å². The molecule has 3 atom stereocenters. The van der Waals surface area contributed by atoms with Gasteiger partial charge in [-0.1, -0.05) is 60.7 Å². The maximum Gasteiger partial charge on any atom is 0.414 e. The van der Waals surface area contributed by atoms with Crippen molar-refractivity contribution in [2.75, 3.05) is 0 Å². The van der Waals surface area contributed by atoms with Gasteiger partial charge in [0, 0.05) is 17.8 Å². The zero-order valence-electron chi connectivity index (χ0n) is 14.7. The molecule has 0 radical (unpaired) electrons. The van der Waals surface area contributed by atoms with E-state index >= 15 is 0 Å². The number of ether oxygens (including phenoxy) is 1. The molecule has 5 heteroatoms. The van der Waals surface area contributed by atoms with Gasteiger partial charge in [-0.05, 0) is 24.5 Å². The molecule has 1 unspecified atom stereocenters. The minimum absolute atomic E-state index is 0.176. The highest BCUT2D eigenvalue weighted by Crippen LogP contribution is 2.31. The summed E-state index contributed by atoms with van der Waals surface area (Å²) in [6.07, 6.45) is -0.410. The molecule has 1 aliphatic rings. The van der Waals surface area contributed by atoms with Crippen LogP contribution in [0.4, 0.5) is 4.79 Å². The molecular formula is C21H23NO4. The predicted octanol–water partition coefficient (Wildman–Crippen LogP) is 3.40. The fraction of sp³-hybridized carbons (Fsp3) is 0.286. The van der Waals surface area contributed by atoms with Crippen molar-refractivity contribution in [2.24, 2.45) is 0 Å². The standard InChI is InChI=1S/C21H23NO4/c1-15-12-19(23)18(20(24)17-10-6-3-7-11-17)13-22(15)21(25)26-14-16-8-4-2-5-9-16/h2-11,13,15,19-20,23-24H,12,14H2,1H3/t15-,19-,20?/m0/s1. The van der Waals surface area contributed by atoms with Gasteiger partial charge in [0.25, 0.3) is 0 Å². The van der Waals surface area contributed by atoms with Crippen molar-refractivity contribution in [2.45, 2.75) is 38.2 Å². The highest BCUT2D eigenvalue weighted by Gasteiger charge is 2.33. The van der Waals surface area contributed by atoms with E-state index in [1.807, 2.05) is 55.5 Å². The Hall–Kier alpha value is -2.63. The lowest BCUT2D eigenvalue weighted by molar-refractivity contribution is 0.0683. The third-order valence-corrected chi connectivity index (χ3v) is 4.56. The number of aliphatic hydroxyl groups excluding tert-OH is 2. The molecule has 0 fully saturated rings. The van der Waals surface area contributed by atoms with Crippen LogP contribution in [0.2, 0.25) is 0 Å². The SMILES string of the molecule is C[C@H]1C[C@H](O)C(C(O)c2ccccc2)=CN1C(=O)OCc1ccccc1. The minimum atomic E-state index is -0.969. The lowest BCUT2D eigenvalue weighted by atomic mass is 9.91. The Morgan fingerprint density at radius 1 is 1.15 bits per heavy atom. The topological polar surface area (TPSA) is 70.0 Å². The highest BCUT2D eigenvalue weighted by molar-refractivity contribution is 5.70. The molecule has 0 saturated heterocycles. The van der Waals surface area contributed by atoms with Crippen molar-refractivity contribution in [3.05, 3.63) is 83.6 Å². The number of carbonyl (C=O) groups is 1. The van der Waals surface area contributed by atoms with E-state index in [0.29, 0.717) is 17.6 Å². The van der Waals surface area contributed by atoms with Gasteiger partial charge in [-0.2, -0.15) is 0 Å². The first kappa shape index (κ1) is 18.2. The summed E-state index contributed by atoms with van der Waals surface area (Å²) in [6.45, 7) is 2.02. The third kappa shape index (κ3) is 4.12. The molecule has 5 nitrogen and oxygen atoms in total. The van der Waals surface area contributed by atoms with Gasteiger partial charge in [0.1, 0.15) is 12.7 Å². The molecule has 0 bridgehead atoms. The van der Waals surface area contributed by atoms with Gasteiger partial charge in [0.05, 0.1) is 6.10 Å². The average Bonchev–Trinajstić information content (AvgIpc) is 2.67. The number of carbonyl (C=O) groups excluding carboxylic acids is 1. The second-order valence-electron chi connectivity index (χ2n) is 6.49. The number of amides is 1. The maximum absolute atomic E-state index is 12.5. The van der Waals surface area contributed by atoms with Gasteiger partial charge in [0.2, 0.25) is 0 Å². The summed E-state index contributed by atoms with van der Waals surface area (Å²) < 4.78 is 5.39. The van der Waals surface area contributed by atoms with E-state index in [2.05, 4.69) is 0 Å². The molecule has 26 heavy (non-hydrogen) atoms. The number of rotatable bonds is 4. The van der Waals surface area contributed by atoms with Crippen LogP contribution in [0.5, 0.6) is 0 Å². The van der Waals surface area contributed by atoms with E-state index < -0.39 is 18.3 Å². The summed E-state index contributed by atoms with van der Waals surface area (Å²) in [4.78, 5) is 13.9. The minimum Gasteiger partial charge on any atom is -0.444 e. The lowest BCUT2D eigenvalue weighted by Crippen LogP contribution is -2.42. The smallest absolute Gasteiger partial charge is 0.414 e. The van der Waals surface area contributed by atoms with Crippen LogP contribution in [-0.2, 0) is 11.3 Å². The number of nitrogens with zero attached hydrogens (tertiary/aromatic N) is 1. The van der Waals surface area contributed by atoms with Crippen LogP contribution in [0, 0.1) is 0 Å². The monoisotopic (exact) mass is 353 g/mol. The number of hydrogen-bond donors (Lipinski definition) is 2. The second-order valence-corrected chi connectivity index (χ2v) is 6.49. The largest absolute Gasteiger partial charge is 0.444 e. The van der Waals surface area contributed by atoms with Gasteiger partial charge in [-0.15, -0.1) is 0 Å². The fourth-order valence-corrected chi connectivity index (χ4v) is 3.05. The molecule has 1 amide bonds. The van der Waals surface area contributed by atoms with Crippen molar-refractivity contribution in [1.82, 2.24) is 4.90 Å². The maximum atomic E-state index is 12.5. The Kier molecular flexibility index (Phi) is 5.71. The first-order valence-corrected chi connectivity index (χ1v) is 8.68. The van der Waals surface area contributed by atoms with Gasteiger partial charge in [-0.3, -0.25) is 4.90 Å². The van der Waals surface area contributed by atoms with E-state index in [0.717, 1.165) is 5.56 Å². The first-order valence-electron chi connectivity index (χ1n) is 8.68. The number of benzene rings is 2. The van der Waals surface area contributed by atoms with Gasteiger partial charge >= 0.3 is 6.09 Å². The number of hydrogen-bond acceptors (Lipinski definition) is 4. The van der Waals surface area contributed by atoms with Crippen molar-refractivity contribution >= 4 is 6.09 Å². The molecular weight excluding hydrogens is 330 g/mol. The molecule has 0 aliphatic carbocycles. The molecule has 0 spiro atoms. The van der Waals surface area contributed by atoms with Gasteiger partial charge in [0.15, 0.2) is 0 Å². The molecule has 2 N–H and O–H groups in total. The highest BCUT2D eigenvalue weighted by atomic mass is 16.6. The first-order chi connectivity index (χ1) is 12.6. The summed E-state index contributed by atoms with van der Waals surface area (Å²) in [5.41, 5.74) is 1.97. The van der Waals surface area contributed by atoms with Crippen LogP contribution in [0.15, 0.2) is 72.4 Å².